The highest BCUT2D eigenvalue weighted by Gasteiger charge is 2.07. The Hall–Kier alpha value is -1.11. The van der Waals surface area contributed by atoms with Crippen LogP contribution in [0.4, 0.5) is 0 Å². The van der Waals surface area contributed by atoms with E-state index in [-0.39, 0.29) is 0 Å². The lowest BCUT2D eigenvalue weighted by molar-refractivity contribution is 1.05. The van der Waals surface area contributed by atoms with Gasteiger partial charge in [-0.1, -0.05) is 12.2 Å². The minimum atomic E-state index is 1.01. The van der Waals surface area contributed by atoms with Crippen LogP contribution in [-0.2, 0) is 6.42 Å². The SMILES string of the molecule is Cc1cc2c(nc1C)CC=C2. The van der Waals surface area contributed by atoms with Crippen LogP contribution in [0.1, 0.15) is 22.5 Å². The van der Waals surface area contributed by atoms with E-state index in [1.165, 1.54) is 16.8 Å². The molecule has 0 atom stereocenters. The Morgan fingerprint density at radius 1 is 1.36 bits per heavy atom. The van der Waals surface area contributed by atoms with E-state index in [1.54, 1.807) is 0 Å². The van der Waals surface area contributed by atoms with Gasteiger partial charge in [-0.05, 0) is 31.0 Å². The van der Waals surface area contributed by atoms with Crippen molar-refractivity contribution in [3.63, 3.8) is 0 Å². The molecule has 1 aromatic rings. The van der Waals surface area contributed by atoms with Crippen molar-refractivity contribution in [3.05, 3.63) is 34.7 Å². The number of hydrogen-bond donors (Lipinski definition) is 0. The largest absolute Gasteiger partial charge is 0.257 e. The first-order chi connectivity index (χ1) is 5.27. The lowest BCUT2D eigenvalue weighted by Crippen LogP contribution is -1.93. The van der Waals surface area contributed by atoms with Crippen molar-refractivity contribution < 1.29 is 0 Å². The summed E-state index contributed by atoms with van der Waals surface area (Å²) < 4.78 is 0. The van der Waals surface area contributed by atoms with Gasteiger partial charge in [0.25, 0.3) is 0 Å². The molecule has 0 spiro atoms. The highest BCUT2D eigenvalue weighted by Crippen LogP contribution is 2.19. The van der Waals surface area contributed by atoms with Gasteiger partial charge < -0.3 is 0 Å². The number of hydrogen-bond acceptors (Lipinski definition) is 1. The molecule has 0 fully saturated rings. The van der Waals surface area contributed by atoms with Gasteiger partial charge in [0.05, 0.1) is 5.69 Å². The zero-order chi connectivity index (χ0) is 7.84. The highest BCUT2D eigenvalue weighted by molar-refractivity contribution is 5.58. The smallest absolute Gasteiger partial charge is 0.0516 e. The quantitative estimate of drug-likeness (QED) is 0.545. The van der Waals surface area contributed by atoms with Crippen molar-refractivity contribution in [2.75, 3.05) is 0 Å². The molecule has 1 aliphatic carbocycles. The third-order valence-corrected chi connectivity index (χ3v) is 2.19. The molecular formula is C10H11N. The van der Waals surface area contributed by atoms with Gasteiger partial charge in [-0.25, -0.2) is 0 Å². The van der Waals surface area contributed by atoms with E-state index in [2.05, 4.69) is 37.0 Å². The molecule has 0 saturated carbocycles. The summed E-state index contributed by atoms with van der Waals surface area (Å²) in [5.41, 5.74) is 4.98. The third kappa shape index (κ3) is 0.967. The fourth-order valence-electron chi connectivity index (χ4n) is 1.38. The predicted octanol–water partition coefficient (Wildman–Crippen LogP) is 2.27. The molecule has 1 aliphatic rings. The summed E-state index contributed by atoms with van der Waals surface area (Å²) in [4.78, 5) is 4.49. The number of aryl methyl sites for hydroxylation is 2. The second-order valence-corrected chi connectivity index (χ2v) is 3.03. The van der Waals surface area contributed by atoms with Gasteiger partial charge in [0, 0.05) is 12.1 Å². The summed E-state index contributed by atoms with van der Waals surface area (Å²) >= 11 is 0. The normalized spacial score (nSPS) is 13.6. The first kappa shape index (κ1) is 6.59. The first-order valence-corrected chi connectivity index (χ1v) is 3.91. The molecule has 1 heteroatoms. The molecule has 0 bridgehead atoms. The summed E-state index contributed by atoms with van der Waals surface area (Å²) in [6, 6.07) is 2.21. The maximum atomic E-state index is 4.49. The lowest BCUT2D eigenvalue weighted by atomic mass is 10.1. The molecule has 0 saturated heterocycles. The van der Waals surface area contributed by atoms with Crippen LogP contribution in [0.2, 0.25) is 0 Å². The molecule has 0 radical (unpaired) electrons. The number of pyridine rings is 1. The zero-order valence-electron chi connectivity index (χ0n) is 6.89. The maximum Gasteiger partial charge on any atom is 0.0516 e. The van der Waals surface area contributed by atoms with Crippen molar-refractivity contribution in [2.45, 2.75) is 20.3 Å². The van der Waals surface area contributed by atoms with Gasteiger partial charge in [0.1, 0.15) is 0 Å². The molecule has 2 rings (SSSR count). The van der Waals surface area contributed by atoms with Crippen molar-refractivity contribution in [1.29, 1.82) is 0 Å². The fraction of sp³-hybridized carbons (Fsp3) is 0.300. The van der Waals surface area contributed by atoms with Gasteiger partial charge in [-0.2, -0.15) is 0 Å². The van der Waals surface area contributed by atoms with Gasteiger partial charge >= 0.3 is 0 Å². The molecule has 0 aromatic carbocycles. The van der Waals surface area contributed by atoms with Crippen LogP contribution in [0.5, 0.6) is 0 Å². The molecule has 0 aliphatic heterocycles. The van der Waals surface area contributed by atoms with Crippen molar-refractivity contribution in [3.8, 4) is 0 Å². The van der Waals surface area contributed by atoms with E-state index in [0.29, 0.717) is 0 Å². The summed E-state index contributed by atoms with van der Waals surface area (Å²) in [6.45, 7) is 4.17. The van der Waals surface area contributed by atoms with E-state index < -0.39 is 0 Å². The minimum Gasteiger partial charge on any atom is -0.257 e. The molecule has 1 heterocycles. The Labute approximate surface area is 66.8 Å². The summed E-state index contributed by atoms with van der Waals surface area (Å²) in [5, 5.41) is 0. The molecule has 1 nitrogen and oxygen atoms in total. The van der Waals surface area contributed by atoms with E-state index in [4.69, 9.17) is 0 Å². The molecule has 0 unspecified atom stereocenters. The second-order valence-electron chi connectivity index (χ2n) is 3.03. The Bertz CT molecular complexity index is 324. The number of rotatable bonds is 0. The molecular weight excluding hydrogens is 134 g/mol. The van der Waals surface area contributed by atoms with Gasteiger partial charge in [0.15, 0.2) is 0 Å². The Balaban J connectivity index is 2.63. The van der Waals surface area contributed by atoms with Crippen molar-refractivity contribution in [2.24, 2.45) is 0 Å². The minimum absolute atomic E-state index is 1.01. The van der Waals surface area contributed by atoms with Gasteiger partial charge in [-0.15, -0.1) is 0 Å². The van der Waals surface area contributed by atoms with Crippen LogP contribution in [0.25, 0.3) is 6.08 Å². The van der Waals surface area contributed by atoms with Crippen molar-refractivity contribution >= 4 is 6.08 Å². The van der Waals surface area contributed by atoms with Crippen LogP contribution in [0.3, 0.4) is 0 Å². The number of allylic oxidation sites excluding steroid dienone is 1. The maximum absolute atomic E-state index is 4.49. The lowest BCUT2D eigenvalue weighted by Gasteiger charge is -2.02. The highest BCUT2D eigenvalue weighted by atomic mass is 14.7. The molecule has 1 aromatic heterocycles. The van der Waals surface area contributed by atoms with Crippen LogP contribution >= 0.6 is 0 Å². The predicted molar refractivity (Wildman–Crippen MR) is 46.4 cm³/mol. The van der Waals surface area contributed by atoms with E-state index in [1.807, 2.05) is 0 Å². The average molecular weight is 145 g/mol. The Morgan fingerprint density at radius 3 is 3.00 bits per heavy atom. The van der Waals surface area contributed by atoms with E-state index >= 15 is 0 Å². The molecule has 11 heavy (non-hydrogen) atoms. The number of fused-ring (bicyclic) bond motifs is 1. The van der Waals surface area contributed by atoms with Crippen LogP contribution in [0, 0.1) is 13.8 Å². The summed E-state index contributed by atoms with van der Waals surface area (Å²) in [5.74, 6) is 0. The molecule has 56 valence electrons. The summed E-state index contributed by atoms with van der Waals surface area (Å²) in [7, 11) is 0. The standard InChI is InChI=1S/C10H11N/c1-7-6-9-4-3-5-10(9)11-8(7)2/h3-4,6H,5H2,1-2H3. The second kappa shape index (κ2) is 2.19. The van der Waals surface area contributed by atoms with Crippen LogP contribution in [0.15, 0.2) is 12.1 Å². The zero-order valence-corrected chi connectivity index (χ0v) is 6.89. The van der Waals surface area contributed by atoms with Gasteiger partial charge in [0.2, 0.25) is 0 Å². The Kier molecular flexibility index (Phi) is 1.31. The average Bonchev–Trinajstić information content (AvgIpc) is 2.36. The third-order valence-electron chi connectivity index (χ3n) is 2.19. The molecule has 0 N–H and O–H groups in total. The van der Waals surface area contributed by atoms with Crippen molar-refractivity contribution in [1.82, 2.24) is 4.98 Å². The van der Waals surface area contributed by atoms with Crippen LogP contribution < -0.4 is 0 Å². The Morgan fingerprint density at radius 2 is 2.18 bits per heavy atom. The number of nitrogens with zero attached hydrogens (tertiary/aromatic N) is 1. The summed E-state index contributed by atoms with van der Waals surface area (Å²) in [6.07, 6.45) is 5.32. The topological polar surface area (TPSA) is 12.9 Å². The molecule has 0 amide bonds. The van der Waals surface area contributed by atoms with Gasteiger partial charge in [-0.3, -0.25) is 4.98 Å². The van der Waals surface area contributed by atoms with Crippen LogP contribution in [-0.4, -0.2) is 4.98 Å². The monoisotopic (exact) mass is 145 g/mol. The van der Waals surface area contributed by atoms with E-state index in [0.717, 1.165) is 12.1 Å². The first-order valence-electron chi connectivity index (χ1n) is 3.91. The van der Waals surface area contributed by atoms with E-state index in [9.17, 15) is 0 Å². The number of aromatic nitrogens is 1. The fourth-order valence-corrected chi connectivity index (χ4v) is 1.38.